The van der Waals surface area contributed by atoms with E-state index >= 15 is 0 Å². The molecular weight excluding hydrogens is 554 g/mol. The standard InChI is InChI=1S/C15H31.2H3O4P.W/c1-3-5-7-9-11-13-15-14-12-10-8-6-4-2;2*1-5(2,3)4;/h1,3-15H2,2H3;2*(H3,1,2,3,4);/q-1;;;. The Labute approximate surface area is 172 Å². The van der Waals surface area contributed by atoms with Crippen molar-refractivity contribution in [3.8, 4) is 0 Å². The van der Waals surface area contributed by atoms with E-state index in [1.165, 1.54) is 77.0 Å². The summed E-state index contributed by atoms with van der Waals surface area (Å²) < 4.78 is 17.8. The maximum atomic E-state index is 8.88. The molecule has 0 atom stereocenters. The summed E-state index contributed by atoms with van der Waals surface area (Å²) in [5.74, 6) is 0. The molecule has 162 valence electrons. The van der Waals surface area contributed by atoms with Gasteiger partial charge in [-0.1, -0.05) is 84.0 Å². The molecule has 6 N–H and O–H groups in total. The van der Waals surface area contributed by atoms with E-state index in [0.717, 1.165) is 6.42 Å². The van der Waals surface area contributed by atoms with Crippen LogP contribution in [0, 0.1) is 6.92 Å². The summed E-state index contributed by atoms with van der Waals surface area (Å²) in [4.78, 5) is 43.1. The minimum Gasteiger partial charge on any atom is -0.343 e. The van der Waals surface area contributed by atoms with Gasteiger partial charge in [-0.25, -0.2) is 9.13 Å². The van der Waals surface area contributed by atoms with Crippen LogP contribution >= 0.6 is 15.6 Å². The topological polar surface area (TPSA) is 156 Å². The second-order valence-electron chi connectivity index (χ2n) is 5.77. The van der Waals surface area contributed by atoms with Gasteiger partial charge in [-0.05, 0) is 0 Å². The molecule has 0 aromatic carbocycles. The minimum absolute atomic E-state index is 0. The summed E-state index contributed by atoms with van der Waals surface area (Å²) >= 11 is 0. The van der Waals surface area contributed by atoms with Crippen molar-refractivity contribution >= 4 is 15.6 Å². The Kier molecular flexibility index (Phi) is 31.7. The number of rotatable bonds is 12. The summed E-state index contributed by atoms with van der Waals surface area (Å²) in [7, 11) is -9.28. The third-order valence-corrected chi connectivity index (χ3v) is 3.10. The van der Waals surface area contributed by atoms with Crippen LogP contribution in [0.25, 0.3) is 0 Å². The van der Waals surface area contributed by atoms with Crippen LogP contribution in [0.3, 0.4) is 0 Å². The van der Waals surface area contributed by atoms with Gasteiger partial charge in [-0.15, -0.1) is 0 Å². The van der Waals surface area contributed by atoms with Crippen molar-refractivity contribution in [2.45, 2.75) is 90.4 Å². The third kappa shape index (κ3) is 85.4. The molecule has 0 fully saturated rings. The molecule has 0 amide bonds. The first-order chi connectivity index (χ1) is 11.4. The van der Waals surface area contributed by atoms with Gasteiger partial charge >= 0.3 is 15.6 Å². The zero-order valence-electron chi connectivity index (χ0n) is 15.7. The smallest absolute Gasteiger partial charge is 0.343 e. The zero-order valence-corrected chi connectivity index (χ0v) is 20.4. The molecule has 0 unspecified atom stereocenters. The van der Waals surface area contributed by atoms with Crippen LogP contribution in [-0.4, -0.2) is 29.4 Å². The third-order valence-electron chi connectivity index (χ3n) is 3.10. The Morgan fingerprint density at radius 3 is 0.962 bits per heavy atom. The van der Waals surface area contributed by atoms with Crippen LogP contribution in [0.1, 0.15) is 90.4 Å². The summed E-state index contributed by atoms with van der Waals surface area (Å²) in [5, 5.41) is 0. The summed E-state index contributed by atoms with van der Waals surface area (Å²) in [6.07, 6.45) is 18.3. The Balaban J connectivity index is -0.000000182. The molecule has 0 aliphatic heterocycles. The van der Waals surface area contributed by atoms with Crippen LogP contribution in [0.4, 0.5) is 0 Å². The molecule has 0 radical (unpaired) electrons. The van der Waals surface area contributed by atoms with E-state index in [9.17, 15) is 0 Å². The van der Waals surface area contributed by atoms with Crippen molar-refractivity contribution in [3.63, 3.8) is 0 Å². The summed E-state index contributed by atoms with van der Waals surface area (Å²) in [6.45, 7) is 6.15. The van der Waals surface area contributed by atoms with Crippen LogP contribution in [0.5, 0.6) is 0 Å². The molecule has 0 bridgehead atoms. The largest absolute Gasteiger partial charge is 0.466 e. The predicted molar refractivity (Wildman–Crippen MR) is 99.6 cm³/mol. The van der Waals surface area contributed by atoms with E-state index in [4.69, 9.17) is 38.5 Å². The molecule has 0 aliphatic rings. The van der Waals surface area contributed by atoms with Crippen LogP contribution in [0.15, 0.2) is 0 Å². The van der Waals surface area contributed by atoms with Gasteiger partial charge in [0.15, 0.2) is 0 Å². The number of unbranched alkanes of at least 4 members (excludes halogenated alkanes) is 12. The average Bonchev–Trinajstić information content (AvgIpc) is 2.41. The van der Waals surface area contributed by atoms with E-state index in [0.29, 0.717) is 0 Å². The molecule has 11 heteroatoms. The van der Waals surface area contributed by atoms with Crippen molar-refractivity contribution < 1.29 is 59.6 Å². The van der Waals surface area contributed by atoms with Gasteiger partial charge in [0.1, 0.15) is 0 Å². The Morgan fingerprint density at radius 1 is 0.577 bits per heavy atom. The van der Waals surface area contributed by atoms with Gasteiger partial charge in [0.05, 0.1) is 0 Å². The number of hydrogen-bond acceptors (Lipinski definition) is 2. The molecule has 26 heavy (non-hydrogen) atoms. The van der Waals surface area contributed by atoms with Gasteiger partial charge in [0.2, 0.25) is 0 Å². The van der Waals surface area contributed by atoms with E-state index in [1.807, 2.05) is 0 Å². The van der Waals surface area contributed by atoms with Gasteiger partial charge in [-0.3, -0.25) is 0 Å². The first-order valence-corrected chi connectivity index (χ1v) is 11.9. The van der Waals surface area contributed by atoms with Crippen molar-refractivity contribution in [1.29, 1.82) is 0 Å². The number of hydrogen-bond donors (Lipinski definition) is 6. The van der Waals surface area contributed by atoms with Crippen LogP contribution in [-0.2, 0) is 30.2 Å². The normalized spacial score (nSPS) is 10.8. The van der Waals surface area contributed by atoms with Crippen molar-refractivity contribution in [1.82, 2.24) is 0 Å². The number of phosphoric acid groups is 2. The molecular formula is C15H37O8P2W-. The summed E-state index contributed by atoms with van der Waals surface area (Å²) in [6, 6.07) is 0. The fraction of sp³-hybridized carbons (Fsp3) is 0.933. The zero-order chi connectivity index (χ0) is 20.2. The van der Waals surface area contributed by atoms with Crippen molar-refractivity contribution in [2.75, 3.05) is 0 Å². The van der Waals surface area contributed by atoms with Gasteiger partial charge in [-0.2, -0.15) is 6.42 Å². The molecule has 0 spiro atoms. The maximum absolute atomic E-state index is 8.88. The Bertz CT molecular complexity index is 298. The fourth-order valence-electron chi connectivity index (χ4n) is 2.02. The SMILES string of the molecule is O=P(O)(O)O.O=P(O)(O)O.[CH2-]CCCCCCCCCCCCCC.[W]. The van der Waals surface area contributed by atoms with E-state index in [2.05, 4.69) is 13.8 Å². The monoisotopic (exact) mass is 591 g/mol. The van der Waals surface area contributed by atoms with Gasteiger partial charge < -0.3 is 36.3 Å². The maximum Gasteiger partial charge on any atom is 0.466 e. The van der Waals surface area contributed by atoms with E-state index in [-0.39, 0.29) is 21.1 Å². The molecule has 0 aromatic heterocycles. The quantitative estimate of drug-likeness (QED) is 0.113. The molecule has 0 aliphatic carbocycles. The summed E-state index contributed by atoms with van der Waals surface area (Å²) in [5.41, 5.74) is 0. The fourth-order valence-corrected chi connectivity index (χ4v) is 2.02. The van der Waals surface area contributed by atoms with Crippen molar-refractivity contribution in [3.05, 3.63) is 6.92 Å². The minimum atomic E-state index is -4.64. The molecule has 0 heterocycles. The second kappa shape index (κ2) is 23.9. The predicted octanol–water partition coefficient (Wildman–Crippen LogP) is 4.05. The first-order valence-electron chi connectivity index (χ1n) is 8.77. The molecule has 0 aromatic rings. The van der Waals surface area contributed by atoms with Gasteiger partial charge in [0, 0.05) is 21.1 Å². The van der Waals surface area contributed by atoms with E-state index in [1.54, 1.807) is 0 Å². The first kappa shape index (κ1) is 34.4. The van der Waals surface area contributed by atoms with Crippen molar-refractivity contribution in [2.24, 2.45) is 0 Å². The second-order valence-corrected chi connectivity index (χ2v) is 7.82. The Hall–Kier alpha value is 0.908. The molecule has 0 saturated heterocycles. The Morgan fingerprint density at radius 2 is 0.769 bits per heavy atom. The van der Waals surface area contributed by atoms with E-state index < -0.39 is 15.6 Å². The molecule has 0 saturated carbocycles. The van der Waals surface area contributed by atoms with Gasteiger partial charge in [0.25, 0.3) is 0 Å². The molecule has 0 rings (SSSR count). The van der Waals surface area contributed by atoms with Crippen LogP contribution in [0.2, 0.25) is 0 Å². The average molecular weight is 591 g/mol. The van der Waals surface area contributed by atoms with Crippen LogP contribution < -0.4 is 0 Å². The molecule has 8 nitrogen and oxygen atoms in total.